The van der Waals surface area contributed by atoms with Crippen molar-refractivity contribution in [2.75, 3.05) is 0 Å². The smallest absolute Gasteiger partial charge is 0.166 e. The quantitative estimate of drug-likeness (QED) is 0.788. The third-order valence-electron chi connectivity index (χ3n) is 2.58. The maximum atomic E-state index is 9.01. The molecule has 0 fully saturated rings. The fourth-order valence-electron chi connectivity index (χ4n) is 1.86. The Bertz CT molecular complexity index is 573. The zero-order chi connectivity index (χ0) is 11.7. The van der Waals surface area contributed by atoms with Crippen molar-refractivity contribution in [3.05, 3.63) is 40.8 Å². The van der Waals surface area contributed by atoms with E-state index in [1.165, 1.54) is 5.56 Å². The molecule has 80 valence electrons. The van der Waals surface area contributed by atoms with Gasteiger partial charge in [-0.15, -0.1) is 0 Å². The van der Waals surface area contributed by atoms with Crippen LogP contribution in [0.5, 0.6) is 0 Å². The van der Waals surface area contributed by atoms with Crippen LogP contribution in [0.15, 0.2) is 18.2 Å². The largest absolute Gasteiger partial charge is 0.341 e. The van der Waals surface area contributed by atoms with Crippen molar-refractivity contribution in [2.24, 2.45) is 0 Å². The third-order valence-corrected chi connectivity index (χ3v) is 2.58. The Morgan fingerprint density at radius 2 is 2.00 bits per heavy atom. The van der Waals surface area contributed by atoms with E-state index in [2.05, 4.69) is 29.0 Å². The molecule has 3 nitrogen and oxygen atoms in total. The van der Waals surface area contributed by atoms with Gasteiger partial charge in [0, 0.05) is 5.56 Å². The Kier molecular flexibility index (Phi) is 2.49. The molecule has 0 amide bonds. The normalized spacial score (nSPS) is 10.1. The van der Waals surface area contributed by atoms with E-state index in [-0.39, 0.29) is 0 Å². The first-order valence-corrected chi connectivity index (χ1v) is 5.16. The van der Waals surface area contributed by atoms with E-state index >= 15 is 0 Å². The van der Waals surface area contributed by atoms with Crippen molar-refractivity contribution >= 4 is 0 Å². The van der Waals surface area contributed by atoms with Crippen molar-refractivity contribution in [1.29, 1.82) is 5.26 Å². The number of H-pyrrole nitrogens is 1. The Labute approximate surface area is 94.8 Å². The molecule has 0 aliphatic heterocycles. The van der Waals surface area contributed by atoms with Gasteiger partial charge in [0.25, 0.3) is 0 Å². The van der Waals surface area contributed by atoms with Gasteiger partial charge < -0.3 is 4.98 Å². The second-order valence-electron chi connectivity index (χ2n) is 3.98. The molecule has 0 bridgehead atoms. The number of aromatic amines is 1. The molecule has 0 aliphatic rings. The number of hydrogen-bond acceptors (Lipinski definition) is 2. The summed E-state index contributed by atoms with van der Waals surface area (Å²) in [5.41, 5.74) is 4.70. The summed E-state index contributed by atoms with van der Waals surface area (Å²) in [6.45, 7) is 5.95. The number of aryl methyl sites for hydroxylation is 3. The van der Waals surface area contributed by atoms with Gasteiger partial charge in [0.15, 0.2) is 5.69 Å². The van der Waals surface area contributed by atoms with E-state index in [4.69, 9.17) is 5.26 Å². The van der Waals surface area contributed by atoms with Gasteiger partial charge in [-0.25, -0.2) is 4.98 Å². The van der Waals surface area contributed by atoms with Gasteiger partial charge in [-0.3, -0.25) is 0 Å². The van der Waals surface area contributed by atoms with Crippen LogP contribution in [0, 0.1) is 32.1 Å². The Balaban J connectivity index is 2.63. The van der Waals surface area contributed by atoms with E-state index in [1.54, 1.807) is 0 Å². The van der Waals surface area contributed by atoms with Gasteiger partial charge in [0.1, 0.15) is 11.9 Å². The molecule has 1 heterocycles. The number of benzene rings is 1. The zero-order valence-electron chi connectivity index (χ0n) is 9.63. The number of nitrogens with zero attached hydrogens (tertiary/aromatic N) is 2. The highest BCUT2D eigenvalue weighted by Gasteiger charge is 2.11. The molecule has 16 heavy (non-hydrogen) atoms. The summed E-state index contributed by atoms with van der Waals surface area (Å²) in [6, 6.07) is 8.29. The second kappa shape index (κ2) is 3.82. The Morgan fingerprint density at radius 3 is 2.62 bits per heavy atom. The molecule has 1 aromatic carbocycles. The molecular formula is C13H13N3. The minimum absolute atomic E-state index is 0.462. The predicted molar refractivity (Wildman–Crippen MR) is 62.9 cm³/mol. The summed E-state index contributed by atoms with van der Waals surface area (Å²) in [5, 5.41) is 9.01. The highest BCUT2D eigenvalue weighted by molar-refractivity contribution is 5.68. The van der Waals surface area contributed by atoms with Crippen LogP contribution in [0.4, 0.5) is 0 Å². The molecule has 2 aromatic rings. The third kappa shape index (κ3) is 1.70. The first kappa shape index (κ1) is 10.4. The van der Waals surface area contributed by atoms with Gasteiger partial charge in [-0.2, -0.15) is 5.26 Å². The van der Waals surface area contributed by atoms with Gasteiger partial charge in [-0.1, -0.05) is 23.8 Å². The standard InChI is InChI=1S/C13H13N3/c1-8-4-5-11(9(2)6-8)13-12(7-14)15-10(3)16-13/h4-6H,1-3H3,(H,15,16). The molecule has 2 rings (SSSR count). The first-order chi connectivity index (χ1) is 7.61. The number of imidazole rings is 1. The van der Waals surface area contributed by atoms with Gasteiger partial charge in [0.05, 0.1) is 5.69 Å². The lowest BCUT2D eigenvalue weighted by Crippen LogP contribution is -1.87. The minimum Gasteiger partial charge on any atom is -0.341 e. The van der Waals surface area contributed by atoms with E-state index < -0.39 is 0 Å². The molecular weight excluding hydrogens is 198 g/mol. The van der Waals surface area contributed by atoms with Crippen LogP contribution in [0.1, 0.15) is 22.6 Å². The van der Waals surface area contributed by atoms with Crippen LogP contribution in [0.2, 0.25) is 0 Å². The molecule has 1 N–H and O–H groups in total. The fourth-order valence-corrected chi connectivity index (χ4v) is 1.86. The maximum Gasteiger partial charge on any atom is 0.166 e. The molecule has 0 spiro atoms. The lowest BCUT2D eigenvalue weighted by Gasteiger charge is -2.04. The number of hydrogen-bond donors (Lipinski definition) is 1. The SMILES string of the molecule is Cc1ccc(-c2[nH]c(C)nc2C#N)c(C)c1. The Morgan fingerprint density at radius 1 is 1.25 bits per heavy atom. The lowest BCUT2D eigenvalue weighted by molar-refractivity contribution is 1.14. The topological polar surface area (TPSA) is 52.5 Å². The highest BCUT2D eigenvalue weighted by atomic mass is 14.9. The Hall–Kier alpha value is -2.08. The number of aromatic nitrogens is 2. The molecule has 0 radical (unpaired) electrons. The van der Waals surface area contributed by atoms with Crippen LogP contribution in [-0.4, -0.2) is 9.97 Å². The van der Waals surface area contributed by atoms with Crippen LogP contribution >= 0.6 is 0 Å². The highest BCUT2D eigenvalue weighted by Crippen LogP contribution is 2.25. The summed E-state index contributed by atoms with van der Waals surface area (Å²) in [6.07, 6.45) is 0. The van der Waals surface area contributed by atoms with Crippen molar-refractivity contribution < 1.29 is 0 Å². The molecule has 0 saturated heterocycles. The number of nitrogens with one attached hydrogen (secondary N) is 1. The molecule has 0 unspecified atom stereocenters. The van der Waals surface area contributed by atoms with E-state index in [0.29, 0.717) is 5.69 Å². The summed E-state index contributed by atoms with van der Waals surface area (Å²) >= 11 is 0. The van der Waals surface area contributed by atoms with Crippen LogP contribution < -0.4 is 0 Å². The van der Waals surface area contributed by atoms with Crippen LogP contribution in [0.3, 0.4) is 0 Å². The molecule has 3 heteroatoms. The molecule has 0 aliphatic carbocycles. The van der Waals surface area contributed by atoms with E-state index in [1.807, 2.05) is 26.0 Å². The van der Waals surface area contributed by atoms with E-state index in [0.717, 1.165) is 22.6 Å². The monoisotopic (exact) mass is 211 g/mol. The average molecular weight is 211 g/mol. The minimum atomic E-state index is 0.462. The fraction of sp³-hybridized carbons (Fsp3) is 0.231. The van der Waals surface area contributed by atoms with Crippen molar-refractivity contribution in [3.63, 3.8) is 0 Å². The molecule has 0 saturated carbocycles. The average Bonchev–Trinajstić information content (AvgIpc) is 2.59. The van der Waals surface area contributed by atoms with Gasteiger partial charge in [0.2, 0.25) is 0 Å². The lowest BCUT2D eigenvalue weighted by atomic mass is 10.0. The molecule has 1 aromatic heterocycles. The van der Waals surface area contributed by atoms with Crippen molar-refractivity contribution in [3.8, 4) is 17.3 Å². The summed E-state index contributed by atoms with van der Waals surface area (Å²) in [7, 11) is 0. The second-order valence-corrected chi connectivity index (χ2v) is 3.98. The van der Waals surface area contributed by atoms with Crippen LogP contribution in [-0.2, 0) is 0 Å². The predicted octanol–water partition coefficient (Wildman–Crippen LogP) is 2.87. The number of rotatable bonds is 1. The zero-order valence-corrected chi connectivity index (χ0v) is 9.63. The maximum absolute atomic E-state index is 9.01. The summed E-state index contributed by atoms with van der Waals surface area (Å²) in [5.74, 6) is 0.770. The number of nitriles is 1. The van der Waals surface area contributed by atoms with Crippen LogP contribution in [0.25, 0.3) is 11.3 Å². The van der Waals surface area contributed by atoms with E-state index in [9.17, 15) is 0 Å². The van der Waals surface area contributed by atoms with Crippen molar-refractivity contribution in [2.45, 2.75) is 20.8 Å². The van der Waals surface area contributed by atoms with Gasteiger partial charge in [-0.05, 0) is 26.3 Å². The summed E-state index contributed by atoms with van der Waals surface area (Å²) < 4.78 is 0. The van der Waals surface area contributed by atoms with Gasteiger partial charge >= 0.3 is 0 Å². The summed E-state index contributed by atoms with van der Waals surface area (Å²) in [4.78, 5) is 7.29. The van der Waals surface area contributed by atoms with Crippen molar-refractivity contribution in [1.82, 2.24) is 9.97 Å². The molecule has 0 atom stereocenters. The first-order valence-electron chi connectivity index (χ1n) is 5.16.